The quantitative estimate of drug-likeness (QED) is 0.512. The molecule has 1 saturated heterocycles. The number of fused-ring (bicyclic) bond motifs is 1. The summed E-state index contributed by atoms with van der Waals surface area (Å²) in [5, 5.41) is 8.31. The van der Waals surface area contributed by atoms with Crippen LogP contribution in [0.1, 0.15) is 69.1 Å². The molecule has 174 valence electrons. The molecule has 2 aliphatic rings. The average Bonchev–Trinajstić information content (AvgIpc) is 3.57. The molecule has 1 aliphatic heterocycles. The van der Waals surface area contributed by atoms with Crippen molar-refractivity contribution in [2.75, 3.05) is 5.32 Å². The number of rotatable bonds is 8. The molecule has 7 heteroatoms. The molecule has 33 heavy (non-hydrogen) atoms. The van der Waals surface area contributed by atoms with Crippen molar-refractivity contribution in [2.24, 2.45) is 5.92 Å². The highest BCUT2D eigenvalue weighted by molar-refractivity contribution is 5.64. The van der Waals surface area contributed by atoms with Gasteiger partial charge in [-0.05, 0) is 30.9 Å². The zero-order valence-electron chi connectivity index (χ0n) is 19.5. The number of ether oxygens (including phenoxy) is 2. The first kappa shape index (κ1) is 22.0. The zero-order chi connectivity index (χ0) is 22.8. The van der Waals surface area contributed by atoms with E-state index in [0.29, 0.717) is 18.5 Å². The Labute approximate surface area is 195 Å². The van der Waals surface area contributed by atoms with Gasteiger partial charge in [0.1, 0.15) is 6.10 Å². The normalized spacial score (nSPS) is 25.6. The molecule has 0 spiro atoms. The van der Waals surface area contributed by atoms with Crippen LogP contribution in [0, 0.1) is 5.92 Å². The van der Waals surface area contributed by atoms with Crippen molar-refractivity contribution in [3.05, 3.63) is 60.2 Å². The van der Waals surface area contributed by atoms with Gasteiger partial charge in [-0.25, -0.2) is 14.5 Å². The Kier molecular flexibility index (Phi) is 6.42. The summed E-state index contributed by atoms with van der Waals surface area (Å²) in [5.74, 6) is 1.59. The maximum Gasteiger partial charge on any atom is 0.197 e. The van der Waals surface area contributed by atoms with Crippen molar-refractivity contribution >= 4 is 17.5 Å². The van der Waals surface area contributed by atoms with Crippen LogP contribution in [0.4, 0.5) is 5.82 Å². The van der Waals surface area contributed by atoms with Crippen LogP contribution in [-0.2, 0) is 16.1 Å². The molecule has 3 heterocycles. The first-order valence-corrected chi connectivity index (χ1v) is 12.1. The van der Waals surface area contributed by atoms with Crippen molar-refractivity contribution in [3.8, 4) is 0 Å². The fourth-order valence-electron chi connectivity index (χ4n) is 5.14. The van der Waals surface area contributed by atoms with E-state index in [2.05, 4.69) is 42.9 Å². The first-order chi connectivity index (χ1) is 16.2. The van der Waals surface area contributed by atoms with Gasteiger partial charge in [-0.3, -0.25) is 0 Å². The lowest BCUT2D eigenvalue weighted by atomic mass is 9.95. The fraction of sp³-hybridized carbons (Fsp3) is 0.500. The lowest BCUT2D eigenvalue weighted by Gasteiger charge is -2.22. The second kappa shape index (κ2) is 9.61. The number of hydrogen-bond acceptors (Lipinski definition) is 6. The molecule has 4 atom stereocenters. The van der Waals surface area contributed by atoms with E-state index in [4.69, 9.17) is 19.6 Å². The van der Waals surface area contributed by atoms with Gasteiger partial charge in [0.25, 0.3) is 0 Å². The molecule has 1 N–H and O–H groups in total. The van der Waals surface area contributed by atoms with Gasteiger partial charge in [-0.2, -0.15) is 0 Å². The molecular formula is C26H33N5O2. The average molecular weight is 448 g/mol. The van der Waals surface area contributed by atoms with Gasteiger partial charge >= 0.3 is 0 Å². The molecule has 1 aliphatic carbocycles. The van der Waals surface area contributed by atoms with Crippen molar-refractivity contribution in [1.29, 1.82) is 0 Å². The van der Waals surface area contributed by atoms with Crippen molar-refractivity contribution in [3.63, 3.8) is 0 Å². The number of anilines is 1. The van der Waals surface area contributed by atoms with Crippen molar-refractivity contribution in [2.45, 2.75) is 76.9 Å². The van der Waals surface area contributed by atoms with Crippen LogP contribution >= 0.6 is 0 Å². The maximum atomic E-state index is 6.53. The molecule has 1 unspecified atom stereocenters. The van der Waals surface area contributed by atoms with E-state index < -0.39 is 0 Å². The Morgan fingerprint density at radius 3 is 2.76 bits per heavy atom. The summed E-state index contributed by atoms with van der Waals surface area (Å²) < 4.78 is 14.9. The second-order valence-corrected chi connectivity index (χ2v) is 9.19. The number of imidazole rings is 1. The molecule has 5 rings (SSSR count). The summed E-state index contributed by atoms with van der Waals surface area (Å²) in [6, 6.07) is 10.7. The maximum absolute atomic E-state index is 6.53. The minimum absolute atomic E-state index is 0.0940. The van der Waals surface area contributed by atoms with Crippen LogP contribution in [0.5, 0.6) is 0 Å². The number of benzene rings is 1. The van der Waals surface area contributed by atoms with Gasteiger partial charge in [-0.1, -0.05) is 63.6 Å². The van der Waals surface area contributed by atoms with Crippen LogP contribution in [-0.4, -0.2) is 37.8 Å². The Balaban J connectivity index is 1.48. The van der Waals surface area contributed by atoms with Gasteiger partial charge in [0.05, 0.1) is 30.7 Å². The summed E-state index contributed by atoms with van der Waals surface area (Å²) in [5.41, 5.74) is 2.77. The summed E-state index contributed by atoms with van der Waals surface area (Å²) in [6.45, 7) is 8.81. The summed E-state index contributed by atoms with van der Waals surface area (Å²) in [4.78, 5) is 9.38. The Morgan fingerprint density at radius 2 is 2.03 bits per heavy atom. The molecule has 1 saturated carbocycles. The predicted molar refractivity (Wildman–Crippen MR) is 129 cm³/mol. The van der Waals surface area contributed by atoms with E-state index in [1.54, 1.807) is 6.08 Å². The smallest absolute Gasteiger partial charge is 0.197 e. The van der Waals surface area contributed by atoms with Crippen LogP contribution in [0.25, 0.3) is 11.7 Å². The van der Waals surface area contributed by atoms with Crippen molar-refractivity contribution < 1.29 is 9.47 Å². The highest BCUT2D eigenvalue weighted by Gasteiger charge is 2.44. The van der Waals surface area contributed by atoms with Crippen molar-refractivity contribution in [1.82, 2.24) is 19.6 Å². The lowest BCUT2D eigenvalue weighted by molar-refractivity contribution is -0.0362. The number of aromatic nitrogens is 4. The predicted octanol–water partition coefficient (Wildman–Crippen LogP) is 5.19. The van der Waals surface area contributed by atoms with Crippen LogP contribution in [0.15, 0.2) is 43.1 Å². The Hall–Kier alpha value is -2.77. The minimum atomic E-state index is -0.254. The van der Waals surface area contributed by atoms with Gasteiger partial charge in [-0.15, -0.1) is 5.10 Å². The third-order valence-corrected chi connectivity index (χ3v) is 6.99. The Bertz CT molecular complexity index is 1090. The number of nitrogens with one attached hydrogen (secondary N) is 1. The largest absolute Gasteiger partial charge is 0.370 e. The number of hydrogen-bond donors (Lipinski definition) is 1. The summed E-state index contributed by atoms with van der Waals surface area (Å²) >= 11 is 0. The van der Waals surface area contributed by atoms with Gasteiger partial charge in [0, 0.05) is 12.0 Å². The molecule has 0 bridgehead atoms. The summed E-state index contributed by atoms with van der Waals surface area (Å²) in [7, 11) is 0. The molecule has 2 fully saturated rings. The lowest BCUT2D eigenvalue weighted by Crippen LogP contribution is -2.26. The SMILES string of the molecule is C=Cc1nc(NC2CCCC2)c2ncc([C@@H]3O[C@H](CC)[C@@H](C)C3OCc3ccccc3)n2n1. The van der Waals surface area contributed by atoms with Crippen LogP contribution in [0.2, 0.25) is 0 Å². The van der Waals surface area contributed by atoms with Crippen LogP contribution in [0.3, 0.4) is 0 Å². The third kappa shape index (κ3) is 4.39. The molecule has 7 nitrogen and oxygen atoms in total. The van der Waals surface area contributed by atoms with Gasteiger partial charge in [0.2, 0.25) is 0 Å². The second-order valence-electron chi connectivity index (χ2n) is 9.19. The zero-order valence-corrected chi connectivity index (χ0v) is 19.5. The highest BCUT2D eigenvalue weighted by atomic mass is 16.6. The van der Waals surface area contributed by atoms with E-state index >= 15 is 0 Å². The van der Waals surface area contributed by atoms with E-state index in [-0.39, 0.29) is 24.2 Å². The number of nitrogens with zero attached hydrogens (tertiary/aromatic N) is 4. The molecule has 0 amide bonds. The van der Waals surface area contributed by atoms with E-state index in [1.807, 2.05) is 28.9 Å². The topological polar surface area (TPSA) is 73.6 Å². The molecule has 3 aromatic rings. The summed E-state index contributed by atoms with van der Waals surface area (Å²) in [6.07, 6.45) is 9.07. The molecular weight excluding hydrogens is 414 g/mol. The highest BCUT2D eigenvalue weighted by Crippen LogP contribution is 2.41. The molecule has 2 aromatic heterocycles. The van der Waals surface area contributed by atoms with E-state index in [9.17, 15) is 0 Å². The third-order valence-electron chi connectivity index (χ3n) is 6.99. The molecule has 1 aromatic carbocycles. The Morgan fingerprint density at radius 1 is 1.24 bits per heavy atom. The van der Waals surface area contributed by atoms with E-state index in [1.165, 1.54) is 12.8 Å². The van der Waals surface area contributed by atoms with Gasteiger partial charge < -0.3 is 14.8 Å². The van der Waals surface area contributed by atoms with Crippen LogP contribution < -0.4 is 5.32 Å². The molecule has 0 radical (unpaired) electrons. The first-order valence-electron chi connectivity index (χ1n) is 12.1. The monoisotopic (exact) mass is 447 g/mol. The fourth-order valence-corrected chi connectivity index (χ4v) is 5.14. The minimum Gasteiger partial charge on any atom is -0.370 e. The van der Waals surface area contributed by atoms with E-state index in [0.717, 1.165) is 42.0 Å². The standard InChI is InChI=1S/C26H33N5O2/c1-4-21-17(3)23(32-16-18-11-7-6-8-12-18)24(33-21)20-15-27-26-25(28-19-13-9-10-14-19)29-22(5-2)30-31(20)26/h5-8,11-12,15,17,19,21,23-24H,2,4,9-10,13-14,16H2,1,3H3,(H,28,29,30)/t17-,21-,23?,24+/m1/s1. The van der Waals surface area contributed by atoms with Gasteiger partial charge in [0.15, 0.2) is 17.3 Å².